The molecule has 2 heterocycles. The summed E-state index contributed by atoms with van der Waals surface area (Å²) in [5.74, 6) is 0.904. The van der Waals surface area contributed by atoms with Gasteiger partial charge in [0.25, 0.3) is 0 Å². The molecule has 0 unspecified atom stereocenters. The number of H-pyrrole nitrogens is 2. The summed E-state index contributed by atoms with van der Waals surface area (Å²) in [7, 11) is 0. The van der Waals surface area contributed by atoms with Crippen molar-refractivity contribution in [1.29, 1.82) is 0 Å². The number of hydrogen-bond acceptors (Lipinski definition) is 1. The predicted molar refractivity (Wildman–Crippen MR) is 107 cm³/mol. The van der Waals surface area contributed by atoms with Crippen LogP contribution in [0.25, 0.3) is 21.8 Å². The molecule has 3 nitrogen and oxygen atoms in total. The molecule has 128 valence electrons. The van der Waals surface area contributed by atoms with Gasteiger partial charge in [0, 0.05) is 28.8 Å². The fourth-order valence-corrected chi connectivity index (χ4v) is 2.86. The summed E-state index contributed by atoms with van der Waals surface area (Å²) >= 11 is 0. The molecule has 0 aliphatic heterocycles. The van der Waals surface area contributed by atoms with E-state index in [1.165, 1.54) is 21.9 Å². The summed E-state index contributed by atoms with van der Waals surface area (Å²) in [6.45, 7) is 0.608. The number of benzene rings is 3. The molecule has 3 heteroatoms. The number of para-hydroxylation sites is 1. The molecular weight excluding hydrogens is 320 g/mol. The summed E-state index contributed by atoms with van der Waals surface area (Å²) in [5.41, 5.74) is 3.52. The number of aromatic amines is 2. The highest BCUT2D eigenvalue weighted by Crippen LogP contribution is 2.20. The van der Waals surface area contributed by atoms with Crippen LogP contribution in [0.5, 0.6) is 5.75 Å². The van der Waals surface area contributed by atoms with Gasteiger partial charge >= 0.3 is 0 Å². The fourth-order valence-electron chi connectivity index (χ4n) is 2.86. The quantitative estimate of drug-likeness (QED) is 0.421. The molecule has 0 fully saturated rings. The number of ether oxygens (including phenoxy) is 1. The SMILES string of the molecule is c1ccc(COc2ccc3[nH]ccc3c2)cc1.c1ccc2[nH]ccc2c1. The van der Waals surface area contributed by atoms with Crippen LogP contribution in [-0.2, 0) is 6.61 Å². The molecule has 0 saturated heterocycles. The minimum Gasteiger partial charge on any atom is -0.489 e. The number of aromatic nitrogens is 2. The molecule has 3 aromatic carbocycles. The van der Waals surface area contributed by atoms with Crippen LogP contribution in [-0.4, -0.2) is 9.97 Å². The summed E-state index contributed by atoms with van der Waals surface area (Å²) < 4.78 is 5.76. The Morgan fingerprint density at radius 2 is 1.31 bits per heavy atom. The van der Waals surface area contributed by atoms with Gasteiger partial charge in [-0.15, -0.1) is 0 Å². The molecule has 0 bridgehead atoms. The Labute approximate surface area is 152 Å². The van der Waals surface area contributed by atoms with Gasteiger partial charge in [0.1, 0.15) is 12.4 Å². The maximum Gasteiger partial charge on any atom is 0.120 e. The van der Waals surface area contributed by atoms with Gasteiger partial charge in [-0.05, 0) is 47.3 Å². The second-order valence-electron chi connectivity index (χ2n) is 6.07. The van der Waals surface area contributed by atoms with Crippen LogP contribution < -0.4 is 4.74 Å². The molecule has 5 rings (SSSR count). The van der Waals surface area contributed by atoms with E-state index in [0.29, 0.717) is 6.61 Å². The summed E-state index contributed by atoms with van der Waals surface area (Å²) in [6.07, 6.45) is 3.89. The maximum absolute atomic E-state index is 5.76. The first-order chi connectivity index (χ1) is 12.9. The molecule has 0 aliphatic carbocycles. The van der Waals surface area contributed by atoms with Gasteiger partial charge in [-0.2, -0.15) is 0 Å². The lowest BCUT2D eigenvalue weighted by atomic mass is 10.2. The Morgan fingerprint density at radius 3 is 2.12 bits per heavy atom. The van der Waals surface area contributed by atoms with Gasteiger partial charge in [0.15, 0.2) is 0 Å². The fraction of sp³-hybridized carbons (Fsp3) is 0.0435. The lowest BCUT2D eigenvalue weighted by molar-refractivity contribution is 0.306. The van der Waals surface area contributed by atoms with Crippen LogP contribution in [0.3, 0.4) is 0 Å². The average Bonchev–Trinajstić information content (AvgIpc) is 3.36. The molecule has 0 aliphatic rings. The van der Waals surface area contributed by atoms with Crippen LogP contribution in [0.15, 0.2) is 97.3 Å². The van der Waals surface area contributed by atoms with Crippen LogP contribution in [0.4, 0.5) is 0 Å². The third-order valence-corrected chi connectivity index (χ3v) is 4.24. The van der Waals surface area contributed by atoms with Crippen LogP contribution in [0, 0.1) is 0 Å². The minimum absolute atomic E-state index is 0.608. The third kappa shape index (κ3) is 3.78. The van der Waals surface area contributed by atoms with Crippen molar-refractivity contribution in [2.24, 2.45) is 0 Å². The van der Waals surface area contributed by atoms with E-state index in [1.54, 1.807) is 0 Å². The van der Waals surface area contributed by atoms with Gasteiger partial charge in [-0.1, -0.05) is 48.5 Å². The highest BCUT2D eigenvalue weighted by molar-refractivity contribution is 5.80. The van der Waals surface area contributed by atoms with Crippen molar-refractivity contribution in [1.82, 2.24) is 9.97 Å². The van der Waals surface area contributed by atoms with Crippen molar-refractivity contribution in [3.63, 3.8) is 0 Å². The third-order valence-electron chi connectivity index (χ3n) is 4.24. The number of hydrogen-bond donors (Lipinski definition) is 2. The normalized spacial score (nSPS) is 10.5. The largest absolute Gasteiger partial charge is 0.489 e. The predicted octanol–water partition coefficient (Wildman–Crippen LogP) is 5.91. The van der Waals surface area contributed by atoms with Crippen molar-refractivity contribution in [3.8, 4) is 5.75 Å². The van der Waals surface area contributed by atoms with E-state index in [4.69, 9.17) is 4.74 Å². The molecule has 0 atom stereocenters. The summed E-state index contributed by atoms with van der Waals surface area (Å²) in [6, 6.07) is 28.6. The lowest BCUT2D eigenvalue weighted by Crippen LogP contribution is -1.94. The Hall–Kier alpha value is -3.46. The second-order valence-corrected chi connectivity index (χ2v) is 6.07. The van der Waals surface area contributed by atoms with Crippen molar-refractivity contribution >= 4 is 21.8 Å². The highest BCUT2D eigenvalue weighted by Gasteiger charge is 1.98. The highest BCUT2D eigenvalue weighted by atomic mass is 16.5. The molecule has 2 aromatic heterocycles. The molecule has 0 amide bonds. The van der Waals surface area contributed by atoms with E-state index in [9.17, 15) is 0 Å². The van der Waals surface area contributed by atoms with Gasteiger partial charge in [-0.3, -0.25) is 0 Å². The molecule has 0 spiro atoms. The number of rotatable bonds is 3. The Morgan fingerprint density at radius 1 is 0.615 bits per heavy atom. The van der Waals surface area contributed by atoms with Crippen molar-refractivity contribution in [3.05, 3.63) is 103 Å². The summed E-state index contributed by atoms with van der Waals surface area (Å²) in [5, 5.41) is 2.45. The van der Waals surface area contributed by atoms with Gasteiger partial charge in [0.05, 0.1) is 0 Å². The van der Waals surface area contributed by atoms with E-state index >= 15 is 0 Å². The molecule has 26 heavy (non-hydrogen) atoms. The Balaban J connectivity index is 0.000000157. The van der Waals surface area contributed by atoms with Crippen LogP contribution in [0.2, 0.25) is 0 Å². The molecule has 2 N–H and O–H groups in total. The van der Waals surface area contributed by atoms with Crippen molar-refractivity contribution in [2.75, 3.05) is 0 Å². The van der Waals surface area contributed by atoms with Gasteiger partial charge in [0.2, 0.25) is 0 Å². The minimum atomic E-state index is 0.608. The zero-order valence-corrected chi connectivity index (χ0v) is 14.4. The standard InChI is InChI=1S/C15H13NO.C8H7N/c1-2-4-12(5-3-1)11-17-14-6-7-15-13(10-14)8-9-16-15;1-2-4-8-7(3-1)5-6-9-8/h1-10,16H,11H2;1-6,9H. The summed E-state index contributed by atoms with van der Waals surface area (Å²) in [4.78, 5) is 6.28. The topological polar surface area (TPSA) is 40.8 Å². The lowest BCUT2D eigenvalue weighted by Gasteiger charge is -2.06. The first kappa shape index (κ1) is 16.0. The van der Waals surface area contributed by atoms with E-state index < -0.39 is 0 Å². The van der Waals surface area contributed by atoms with Crippen LogP contribution in [0.1, 0.15) is 5.56 Å². The van der Waals surface area contributed by atoms with Gasteiger partial charge < -0.3 is 14.7 Å². The van der Waals surface area contributed by atoms with E-state index in [-0.39, 0.29) is 0 Å². The van der Waals surface area contributed by atoms with E-state index in [1.807, 2.05) is 60.9 Å². The Bertz CT molecular complexity index is 1060. The van der Waals surface area contributed by atoms with E-state index in [2.05, 4.69) is 46.4 Å². The van der Waals surface area contributed by atoms with Gasteiger partial charge in [-0.25, -0.2) is 0 Å². The first-order valence-corrected chi connectivity index (χ1v) is 8.64. The number of fused-ring (bicyclic) bond motifs is 2. The zero-order valence-electron chi connectivity index (χ0n) is 14.4. The monoisotopic (exact) mass is 340 g/mol. The molecule has 0 radical (unpaired) electrons. The number of nitrogens with one attached hydrogen (secondary N) is 2. The molecular formula is C23H20N2O. The Kier molecular flexibility index (Phi) is 4.70. The second kappa shape index (κ2) is 7.62. The zero-order chi connectivity index (χ0) is 17.6. The van der Waals surface area contributed by atoms with Crippen LogP contribution >= 0.6 is 0 Å². The molecule has 5 aromatic rings. The maximum atomic E-state index is 5.76. The average molecular weight is 340 g/mol. The molecule has 0 saturated carbocycles. The van der Waals surface area contributed by atoms with E-state index in [0.717, 1.165) is 11.3 Å². The van der Waals surface area contributed by atoms with Crippen molar-refractivity contribution in [2.45, 2.75) is 6.61 Å². The smallest absolute Gasteiger partial charge is 0.120 e. The van der Waals surface area contributed by atoms with Crippen molar-refractivity contribution < 1.29 is 4.74 Å². The first-order valence-electron chi connectivity index (χ1n) is 8.64.